The molecule has 2 N–H and O–H groups in total. The molecular weight excluding hydrogens is 468 g/mol. The van der Waals surface area contributed by atoms with Crippen molar-refractivity contribution in [1.29, 1.82) is 5.26 Å². The lowest BCUT2D eigenvalue weighted by Gasteiger charge is -2.13. The summed E-state index contributed by atoms with van der Waals surface area (Å²) < 4.78 is 12.2. The molecule has 1 heterocycles. The van der Waals surface area contributed by atoms with Crippen molar-refractivity contribution in [3.05, 3.63) is 44.2 Å². The second-order valence-corrected chi connectivity index (χ2v) is 7.78. The molecule has 31 heavy (non-hydrogen) atoms. The number of hydrogen-bond acceptors (Lipinski definition) is 7. The van der Waals surface area contributed by atoms with Crippen LogP contribution in [0, 0.1) is 21.4 Å². The smallest absolute Gasteiger partial charge is 0.357 e. The van der Waals surface area contributed by atoms with Crippen LogP contribution in [0.15, 0.2) is 22.8 Å². The Balaban J connectivity index is 2.39. The van der Waals surface area contributed by atoms with Crippen LogP contribution in [0.1, 0.15) is 61.5 Å². The summed E-state index contributed by atoms with van der Waals surface area (Å²) >= 11 is 3.31. The van der Waals surface area contributed by atoms with Gasteiger partial charge in [-0.2, -0.15) is 5.26 Å². The van der Waals surface area contributed by atoms with Crippen molar-refractivity contribution >= 4 is 33.3 Å². The molecule has 2 rings (SSSR count). The number of aromatic nitrogens is 1. The van der Waals surface area contributed by atoms with Gasteiger partial charge in [-0.25, -0.2) is 4.79 Å². The van der Waals surface area contributed by atoms with E-state index in [0.29, 0.717) is 16.8 Å². The quantitative estimate of drug-likeness (QED) is 0.199. The van der Waals surface area contributed by atoms with E-state index >= 15 is 0 Å². The van der Waals surface area contributed by atoms with E-state index in [0.717, 1.165) is 26.4 Å². The third kappa shape index (κ3) is 5.76. The van der Waals surface area contributed by atoms with Gasteiger partial charge in [0, 0.05) is 18.3 Å². The number of hydrogen-bond donors (Lipinski definition) is 1. The summed E-state index contributed by atoms with van der Waals surface area (Å²) in [6.45, 7) is 2.61. The van der Waals surface area contributed by atoms with Gasteiger partial charge in [0.2, 0.25) is 0 Å². The monoisotopic (exact) mass is 492 g/mol. The van der Waals surface area contributed by atoms with Gasteiger partial charge in [-0.15, -0.1) is 0 Å². The molecule has 0 amide bonds. The van der Waals surface area contributed by atoms with Gasteiger partial charge in [0.1, 0.15) is 17.5 Å². The number of carbonyl (C=O) groups excluding carboxylic acids is 1. The van der Waals surface area contributed by atoms with E-state index < -0.39 is 10.9 Å². The minimum Gasteiger partial charge on any atom is -0.492 e. The van der Waals surface area contributed by atoms with Gasteiger partial charge in [-0.3, -0.25) is 10.1 Å². The molecule has 1 aromatic heterocycles. The topological polar surface area (TPSA) is 133 Å². The van der Waals surface area contributed by atoms with Crippen LogP contribution in [0.4, 0.5) is 11.4 Å². The molecule has 10 heteroatoms. The Hall–Kier alpha value is -3.06. The molecule has 0 aliphatic carbocycles. The highest BCUT2D eigenvalue weighted by Crippen LogP contribution is 2.37. The largest absolute Gasteiger partial charge is 0.492 e. The SMILES string of the molecule is CCCCCCCCOc1cc(-n2cc(C#N)c(N)c2C(=O)OC)c([N+](=O)[O-])cc1Br. The average molecular weight is 493 g/mol. The van der Waals surface area contributed by atoms with E-state index in [1.54, 1.807) is 0 Å². The highest BCUT2D eigenvalue weighted by atomic mass is 79.9. The summed E-state index contributed by atoms with van der Waals surface area (Å²) in [5.74, 6) is -0.429. The number of ether oxygens (including phenoxy) is 2. The van der Waals surface area contributed by atoms with E-state index in [4.69, 9.17) is 15.2 Å². The number of nitro groups is 1. The third-order valence-electron chi connectivity index (χ3n) is 4.78. The summed E-state index contributed by atoms with van der Waals surface area (Å²) in [6, 6.07) is 4.63. The molecule has 0 aliphatic heterocycles. The third-order valence-corrected chi connectivity index (χ3v) is 5.40. The molecule has 0 unspecified atom stereocenters. The number of halogens is 1. The van der Waals surface area contributed by atoms with E-state index in [1.807, 2.05) is 6.07 Å². The standard InChI is InChI=1S/C21H25BrN4O5/c1-3-4-5-6-7-8-9-31-18-11-16(17(26(28)29)10-15(18)22)25-13-14(12-23)19(24)20(25)21(27)30-2/h10-11,13H,3-9,24H2,1-2H3. The fourth-order valence-corrected chi connectivity index (χ4v) is 3.60. The van der Waals surface area contributed by atoms with Crippen molar-refractivity contribution in [2.45, 2.75) is 45.4 Å². The van der Waals surface area contributed by atoms with E-state index in [2.05, 4.69) is 22.9 Å². The lowest BCUT2D eigenvalue weighted by molar-refractivity contribution is -0.384. The highest BCUT2D eigenvalue weighted by Gasteiger charge is 2.27. The Morgan fingerprint density at radius 3 is 2.58 bits per heavy atom. The maximum absolute atomic E-state index is 12.3. The number of nitrogens with two attached hydrogens (primary N) is 1. The van der Waals surface area contributed by atoms with Crippen LogP contribution >= 0.6 is 15.9 Å². The maximum Gasteiger partial charge on any atom is 0.357 e. The molecule has 0 bridgehead atoms. The molecule has 9 nitrogen and oxygen atoms in total. The molecular formula is C21H25BrN4O5. The lowest BCUT2D eigenvalue weighted by atomic mass is 10.1. The van der Waals surface area contributed by atoms with Crippen LogP contribution in [-0.4, -0.2) is 29.2 Å². The molecule has 2 aromatic rings. The van der Waals surface area contributed by atoms with E-state index in [1.165, 1.54) is 42.2 Å². The van der Waals surface area contributed by atoms with Gasteiger partial charge in [0.05, 0.1) is 34.4 Å². The summed E-state index contributed by atoms with van der Waals surface area (Å²) in [7, 11) is 1.16. The Morgan fingerprint density at radius 2 is 1.97 bits per heavy atom. The summed E-state index contributed by atoms with van der Waals surface area (Å²) in [4.78, 5) is 23.4. The zero-order valence-corrected chi connectivity index (χ0v) is 19.1. The Labute approximate surface area is 189 Å². The predicted molar refractivity (Wildman–Crippen MR) is 119 cm³/mol. The van der Waals surface area contributed by atoms with Crippen molar-refractivity contribution < 1.29 is 19.2 Å². The van der Waals surface area contributed by atoms with Gasteiger partial charge in [-0.1, -0.05) is 39.0 Å². The lowest BCUT2D eigenvalue weighted by Crippen LogP contribution is -2.12. The summed E-state index contributed by atoms with van der Waals surface area (Å²) in [5.41, 5.74) is 5.40. The van der Waals surface area contributed by atoms with Gasteiger partial charge in [0.15, 0.2) is 5.69 Å². The highest BCUT2D eigenvalue weighted by molar-refractivity contribution is 9.10. The van der Waals surface area contributed by atoms with Crippen LogP contribution in [0.25, 0.3) is 5.69 Å². The zero-order valence-electron chi connectivity index (χ0n) is 17.5. The second kappa shape index (κ2) is 11.4. The normalized spacial score (nSPS) is 10.5. The Kier molecular flexibility index (Phi) is 8.88. The van der Waals surface area contributed by atoms with Crippen LogP contribution in [-0.2, 0) is 4.74 Å². The first-order chi connectivity index (χ1) is 14.8. The number of methoxy groups -OCH3 is 1. The second-order valence-electron chi connectivity index (χ2n) is 6.92. The van der Waals surface area contributed by atoms with Crippen molar-refractivity contribution in [3.63, 3.8) is 0 Å². The molecule has 0 fully saturated rings. The number of nitrogens with zero attached hydrogens (tertiary/aromatic N) is 3. The number of anilines is 1. The summed E-state index contributed by atoms with van der Waals surface area (Å²) in [6.07, 6.45) is 7.87. The first kappa shape index (κ1) is 24.2. The van der Waals surface area contributed by atoms with Crippen LogP contribution in [0.2, 0.25) is 0 Å². The number of carbonyl (C=O) groups is 1. The van der Waals surface area contributed by atoms with Crippen molar-refractivity contribution in [2.75, 3.05) is 19.5 Å². The van der Waals surface area contributed by atoms with Gasteiger partial charge in [-0.05, 0) is 22.4 Å². The Bertz CT molecular complexity index is 997. The molecule has 1 aromatic carbocycles. The van der Waals surface area contributed by atoms with Crippen molar-refractivity contribution in [1.82, 2.24) is 4.57 Å². The zero-order chi connectivity index (χ0) is 23.0. The molecule has 0 saturated heterocycles. The van der Waals surface area contributed by atoms with E-state index in [-0.39, 0.29) is 28.3 Å². The van der Waals surface area contributed by atoms with Gasteiger partial charge in [0.25, 0.3) is 5.69 Å². The fourth-order valence-electron chi connectivity index (χ4n) is 3.15. The number of nitro benzene ring substituents is 1. The molecule has 0 aliphatic rings. The molecule has 0 spiro atoms. The molecule has 166 valence electrons. The Morgan fingerprint density at radius 1 is 1.29 bits per heavy atom. The van der Waals surface area contributed by atoms with Crippen molar-refractivity contribution in [2.24, 2.45) is 0 Å². The van der Waals surface area contributed by atoms with Crippen molar-refractivity contribution in [3.8, 4) is 17.5 Å². The van der Waals surface area contributed by atoms with Crippen LogP contribution < -0.4 is 10.5 Å². The average Bonchev–Trinajstić information content (AvgIpc) is 3.09. The maximum atomic E-state index is 12.3. The van der Waals surface area contributed by atoms with Crippen LogP contribution in [0.5, 0.6) is 5.75 Å². The minimum absolute atomic E-state index is 0.00663. The number of nitrogen functional groups attached to an aromatic ring is 1. The van der Waals surface area contributed by atoms with Crippen LogP contribution in [0.3, 0.4) is 0 Å². The van der Waals surface area contributed by atoms with E-state index in [9.17, 15) is 20.2 Å². The van der Waals surface area contributed by atoms with Gasteiger partial charge >= 0.3 is 5.97 Å². The summed E-state index contributed by atoms with van der Waals surface area (Å²) in [5, 5.41) is 21.0. The molecule has 0 radical (unpaired) electrons. The molecule has 0 saturated carbocycles. The number of unbranched alkanes of at least 4 members (excludes halogenated alkanes) is 5. The first-order valence-electron chi connectivity index (χ1n) is 9.96. The minimum atomic E-state index is -0.814. The predicted octanol–water partition coefficient (Wildman–Crippen LogP) is 5.13. The fraction of sp³-hybridized carbons (Fsp3) is 0.429. The number of nitriles is 1. The number of rotatable bonds is 11. The van der Waals surface area contributed by atoms with Gasteiger partial charge < -0.3 is 19.8 Å². The number of esters is 1. The first-order valence-corrected chi connectivity index (χ1v) is 10.7. The number of benzene rings is 1. The molecule has 0 atom stereocenters.